The lowest BCUT2D eigenvalue weighted by Gasteiger charge is -2.02. The Hall–Kier alpha value is -1.85. The van der Waals surface area contributed by atoms with E-state index in [1.165, 1.54) is 11.3 Å². The van der Waals surface area contributed by atoms with Crippen LogP contribution in [-0.4, -0.2) is 15.5 Å². The van der Waals surface area contributed by atoms with E-state index in [9.17, 15) is 4.79 Å². The molecule has 0 fully saturated rings. The van der Waals surface area contributed by atoms with Gasteiger partial charge in [-0.15, -0.1) is 11.3 Å². The topological polar surface area (TPSA) is 44.1 Å². The summed E-state index contributed by atoms with van der Waals surface area (Å²) in [7, 11) is 1.91. The number of benzene rings is 1. The number of hydrogen-bond donors (Lipinski definition) is 0. The molecule has 0 saturated carbocycles. The first kappa shape index (κ1) is 12.2. The van der Waals surface area contributed by atoms with Gasteiger partial charge >= 0.3 is 5.97 Å². The lowest BCUT2D eigenvalue weighted by atomic mass is 10.3. The molecule has 0 saturated heterocycles. The Balaban J connectivity index is 1.87. The molecule has 0 atom stereocenters. The summed E-state index contributed by atoms with van der Waals surface area (Å²) in [6.07, 6.45) is 1.72. The van der Waals surface area contributed by atoms with Gasteiger partial charge in [0.2, 0.25) is 0 Å². The maximum Gasteiger partial charge on any atom is 0.353 e. The number of aryl methyl sites for hydroxylation is 1. The highest BCUT2D eigenvalue weighted by Crippen LogP contribution is 2.24. The lowest BCUT2D eigenvalue weighted by molar-refractivity contribution is 0.0740. The molecule has 0 bridgehead atoms. The first-order chi connectivity index (χ1) is 9.13. The van der Waals surface area contributed by atoms with E-state index >= 15 is 0 Å². The highest BCUT2D eigenvalue weighted by Gasteiger charge is 2.12. The Labute approximate surface area is 118 Å². The number of nitrogens with zero attached hydrogens (tertiary/aromatic N) is 2. The summed E-state index contributed by atoms with van der Waals surface area (Å²) in [4.78, 5) is 16.6. The third kappa shape index (κ3) is 2.34. The van der Waals surface area contributed by atoms with Gasteiger partial charge in [-0.2, -0.15) is 0 Å². The van der Waals surface area contributed by atoms with Crippen LogP contribution in [0.5, 0.6) is 5.75 Å². The molecule has 2 heterocycles. The second kappa shape index (κ2) is 4.68. The van der Waals surface area contributed by atoms with E-state index in [1.54, 1.807) is 30.6 Å². The third-order valence-corrected chi connectivity index (χ3v) is 3.89. The van der Waals surface area contributed by atoms with Crippen LogP contribution >= 0.6 is 22.9 Å². The number of carbonyl (C=O) groups excluding carboxylic acids is 1. The Morgan fingerprint density at radius 3 is 2.95 bits per heavy atom. The monoisotopic (exact) mass is 292 g/mol. The maximum atomic E-state index is 11.9. The number of imidazole rings is 1. The molecule has 0 aliphatic heterocycles. The zero-order chi connectivity index (χ0) is 13.4. The fraction of sp³-hybridized carbons (Fsp3) is 0.0769. The summed E-state index contributed by atoms with van der Waals surface area (Å²) in [5.74, 6) is 0.0629. The smallest absolute Gasteiger partial charge is 0.353 e. The minimum Gasteiger partial charge on any atom is -0.422 e. The first-order valence-corrected chi connectivity index (χ1v) is 6.71. The van der Waals surface area contributed by atoms with E-state index in [0.29, 0.717) is 15.0 Å². The molecular formula is C13H9ClN2O2S. The highest BCUT2D eigenvalue weighted by atomic mass is 35.5. The Morgan fingerprint density at radius 1 is 1.37 bits per heavy atom. The standard InChI is InChI=1S/C13H9ClN2O2S/c1-16-7-15-9-6-8(2-3-10(9)16)18-13(17)11-4-5-12(14)19-11/h2-7H,1H3. The predicted octanol–water partition coefficient (Wildman–Crippen LogP) is 3.51. The Morgan fingerprint density at radius 2 is 2.21 bits per heavy atom. The van der Waals surface area contributed by atoms with Gasteiger partial charge in [0, 0.05) is 13.1 Å². The van der Waals surface area contributed by atoms with Crippen LogP contribution in [0, 0.1) is 0 Å². The molecule has 0 radical (unpaired) electrons. The molecule has 6 heteroatoms. The largest absolute Gasteiger partial charge is 0.422 e. The molecule has 4 nitrogen and oxygen atoms in total. The number of rotatable bonds is 2. The second-order valence-electron chi connectivity index (χ2n) is 4.00. The van der Waals surface area contributed by atoms with Crippen LogP contribution in [-0.2, 0) is 7.05 Å². The van der Waals surface area contributed by atoms with E-state index in [2.05, 4.69) is 4.98 Å². The zero-order valence-corrected chi connectivity index (χ0v) is 11.5. The SMILES string of the molecule is Cn1cnc2cc(OC(=O)c3ccc(Cl)s3)ccc21. The fourth-order valence-electron chi connectivity index (χ4n) is 1.76. The Bertz CT molecular complexity index is 763. The first-order valence-electron chi connectivity index (χ1n) is 5.52. The van der Waals surface area contributed by atoms with Crippen molar-refractivity contribution in [1.82, 2.24) is 9.55 Å². The van der Waals surface area contributed by atoms with Crippen LogP contribution in [0.15, 0.2) is 36.7 Å². The summed E-state index contributed by atoms with van der Waals surface area (Å²) in [5.41, 5.74) is 1.77. The van der Waals surface area contributed by atoms with Gasteiger partial charge in [-0.05, 0) is 24.3 Å². The van der Waals surface area contributed by atoms with Crippen LogP contribution in [0.4, 0.5) is 0 Å². The van der Waals surface area contributed by atoms with Gasteiger partial charge in [0.05, 0.1) is 21.7 Å². The number of thiophene rings is 1. The van der Waals surface area contributed by atoms with E-state index in [0.717, 1.165) is 11.0 Å². The minimum atomic E-state index is -0.410. The molecule has 0 aliphatic rings. The van der Waals surface area contributed by atoms with Gasteiger partial charge in [0.25, 0.3) is 0 Å². The van der Waals surface area contributed by atoms with Gasteiger partial charge in [0.15, 0.2) is 0 Å². The van der Waals surface area contributed by atoms with Crippen molar-refractivity contribution >= 4 is 39.9 Å². The van der Waals surface area contributed by atoms with Crippen LogP contribution in [0.2, 0.25) is 4.34 Å². The van der Waals surface area contributed by atoms with Crippen molar-refractivity contribution in [2.75, 3.05) is 0 Å². The predicted molar refractivity (Wildman–Crippen MR) is 75.0 cm³/mol. The number of ether oxygens (including phenoxy) is 1. The summed E-state index contributed by atoms with van der Waals surface area (Å²) >= 11 is 6.98. The summed E-state index contributed by atoms with van der Waals surface area (Å²) in [6, 6.07) is 8.67. The van der Waals surface area contributed by atoms with Gasteiger partial charge in [-0.25, -0.2) is 9.78 Å². The molecule has 0 spiro atoms. The van der Waals surface area contributed by atoms with Crippen LogP contribution in [0.25, 0.3) is 11.0 Å². The molecule has 0 aliphatic carbocycles. The molecule has 1 aromatic carbocycles. The van der Waals surface area contributed by atoms with E-state index in [4.69, 9.17) is 16.3 Å². The normalized spacial score (nSPS) is 10.8. The quantitative estimate of drug-likeness (QED) is 0.536. The maximum absolute atomic E-state index is 11.9. The van der Waals surface area contributed by atoms with Crippen LogP contribution in [0.3, 0.4) is 0 Å². The van der Waals surface area contributed by atoms with Crippen molar-refractivity contribution in [1.29, 1.82) is 0 Å². The lowest BCUT2D eigenvalue weighted by Crippen LogP contribution is -2.06. The average molecular weight is 293 g/mol. The molecule has 3 rings (SSSR count). The molecule has 0 amide bonds. The molecule has 3 aromatic rings. The number of hydrogen-bond acceptors (Lipinski definition) is 4. The molecule has 0 unspecified atom stereocenters. The van der Waals surface area contributed by atoms with Crippen molar-refractivity contribution in [3.05, 3.63) is 45.9 Å². The van der Waals surface area contributed by atoms with Crippen LogP contribution < -0.4 is 4.74 Å². The number of halogens is 1. The number of aromatic nitrogens is 2. The fourth-order valence-corrected chi connectivity index (χ4v) is 2.68. The number of fused-ring (bicyclic) bond motifs is 1. The third-order valence-electron chi connectivity index (χ3n) is 2.68. The van der Waals surface area contributed by atoms with E-state index in [-0.39, 0.29) is 0 Å². The van der Waals surface area contributed by atoms with Gasteiger partial charge in [-0.3, -0.25) is 0 Å². The molecular weight excluding hydrogens is 284 g/mol. The van der Waals surface area contributed by atoms with Crippen molar-refractivity contribution in [3.63, 3.8) is 0 Å². The summed E-state index contributed by atoms with van der Waals surface area (Å²) in [5, 5.41) is 0. The van der Waals surface area contributed by atoms with Crippen LogP contribution in [0.1, 0.15) is 9.67 Å². The van der Waals surface area contributed by atoms with Crippen molar-refractivity contribution in [2.24, 2.45) is 7.05 Å². The minimum absolute atomic E-state index is 0.410. The number of carbonyl (C=O) groups is 1. The van der Waals surface area contributed by atoms with Crippen molar-refractivity contribution in [2.45, 2.75) is 0 Å². The van der Waals surface area contributed by atoms with Gasteiger partial charge in [-0.1, -0.05) is 11.6 Å². The van der Waals surface area contributed by atoms with E-state index in [1.807, 2.05) is 17.7 Å². The highest BCUT2D eigenvalue weighted by molar-refractivity contribution is 7.17. The summed E-state index contributed by atoms with van der Waals surface area (Å²) in [6.45, 7) is 0. The zero-order valence-electron chi connectivity index (χ0n) is 9.96. The molecule has 2 aromatic heterocycles. The molecule has 19 heavy (non-hydrogen) atoms. The molecule has 96 valence electrons. The second-order valence-corrected chi connectivity index (χ2v) is 5.71. The summed E-state index contributed by atoms with van der Waals surface area (Å²) < 4.78 is 7.76. The van der Waals surface area contributed by atoms with E-state index < -0.39 is 5.97 Å². The van der Waals surface area contributed by atoms with Crippen molar-refractivity contribution in [3.8, 4) is 5.75 Å². The number of esters is 1. The average Bonchev–Trinajstić information content (AvgIpc) is 2.97. The van der Waals surface area contributed by atoms with Crippen molar-refractivity contribution < 1.29 is 9.53 Å². The Kier molecular flexibility index (Phi) is 3.00. The molecule has 0 N–H and O–H groups in total. The van der Waals surface area contributed by atoms with Gasteiger partial charge < -0.3 is 9.30 Å². The van der Waals surface area contributed by atoms with Gasteiger partial charge in [0.1, 0.15) is 10.6 Å².